The third kappa shape index (κ3) is 4.62. The Morgan fingerprint density at radius 1 is 0.957 bits per heavy atom. The number of methoxy groups -OCH3 is 1. The summed E-state index contributed by atoms with van der Waals surface area (Å²) in [5.74, 6) is 0.352. The van der Waals surface area contributed by atoms with E-state index in [2.05, 4.69) is 10.6 Å². The third-order valence-corrected chi connectivity index (χ3v) is 3.33. The van der Waals surface area contributed by atoms with Crippen LogP contribution in [0.3, 0.4) is 0 Å². The Hall–Kier alpha value is -2.73. The standard InChI is InChI=1S/C17H16N2O3S/c1-11(20)12-3-7-14(8-4-12)18-17(23)19-16(21)13-5-9-15(22-2)10-6-13/h3-10H,1-2H3,(H2,18,19,21,23). The number of ether oxygens (including phenoxy) is 1. The molecule has 5 nitrogen and oxygen atoms in total. The molecule has 0 unspecified atom stereocenters. The highest BCUT2D eigenvalue weighted by molar-refractivity contribution is 7.80. The molecule has 0 aromatic heterocycles. The summed E-state index contributed by atoms with van der Waals surface area (Å²) in [6.45, 7) is 1.50. The van der Waals surface area contributed by atoms with Crippen LogP contribution in [0.2, 0.25) is 0 Å². The van der Waals surface area contributed by atoms with E-state index in [0.29, 0.717) is 22.6 Å². The fourth-order valence-electron chi connectivity index (χ4n) is 1.87. The Labute approximate surface area is 139 Å². The number of ketones is 1. The van der Waals surface area contributed by atoms with E-state index >= 15 is 0 Å². The number of carbonyl (C=O) groups is 2. The second-order valence-electron chi connectivity index (χ2n) is 4.77. The van der Waals surface area contributed by atoms with Crippen molar-refractivity contribution in [2.24, 2.45) is 0 Å². The van der Waals surface area contributed by atoms with E-state index in [1.807, 2.05) is 0 Å². The van der Waals surface area contributed by atoms with Gasteiger partial charge in [-0.25, -0.2) is 0 Å². The Morgan fingerprint density at radius 3 is 2.04 bits per heavy atom. The number of benzene rings is 2. The summed E-state index contributed by atoms with van der Waals surface area (Å²) >= 11 is 5.11. The molecule has 0 heterocycles. The molecule has 6 heteroatoms. The van der Waals surface area contributed by atoms with E-state index in [4.69, 9.17) is 17.0 Å². The zero-order chi connectivity index (χ0) is 16.8. The molecule has 0 atom stereocenters. The van der Waals surface area contributed by atoms with Gasteiger partial charge in [-0.15, -0.1) is 0 Å². The highest BCUT2D eigenvalue weighted by Gasteiger charge is 2.08. The van der Waals surface area contributed by atoms with Gasteiger partial charge in [0.15, 0.2) is 10.9 Å². The number of hydrogen-bond donors (Lipinski definition) is 2. The zero-order valence-corrected chi connectivity index (χ0v) is 13.6. The fraction of sp³-hybridized carbons (Fsp3) is 0.118. The minimum atomic E-state index is -0.314. The quantitative estimate of drug-likeness (QED) is 0.667. The molecule has 0 saturated heterocycles. The van der Waals surface area contributed by atoms with Gasteiger partial charge in [0.1, 0.15) is 5.75 Å². The molecule has 0 saturated carbocycles. The van der Waals surface area contributed by atoms with Crippen molar-refractivity contribution in [3.8, 4) is 5.75 Å². The predicted molar refractivity (Wildman–Crippen MR) is 93.1 cm³/mol. The molecule has 0 aliphatic heterocycles. The zero-order valence-electron chi connectivity index (χ0n) is 12.8. The van der Waals surface area contributed by atoms with Crippen LogP contribution in [0.4, 0.5) is 5.69 Å². The van der Waals surface area contributed by atoms with E-state index in [1.165, 1.54) is 6.92 Å². The second kappa shape index (κ2) is 7.51. The SMILES string of the molecule is COc1ccc(C(=O)NC(=S)Nc2ccc(C(C)=O)cc2)cc1. The second-order valence-corrected chi connectivity index (χ2v) is 5.18. The average molecular weight is 328 g/mol. The molecule has 2 aromatic carbocycles. The van der Waals surface area contributed by atoms with Gasteiger partial charge in [0.2, 0.25) is 0 Å². The molecule has 0 radical (unpaired) electrons. The maximum atomic E-state index is 12.1. The molecule has 2 N–H and O–H groups in total. The van der Waals surface area contributed by atoms with Crippen LogP contribution in [0.1, 0.15) is 27.6 Å². The molecule has 1 amide bonds. The van der Waals surface area contributed by atoms with Crippen LogP contribution in [0.25, 0.3) is 0 Å². The monoisotopic (exact) mass is 328 g/mol. The predicted octanol–water partition coefficient (Wildman–Crippen LogP) is 3.02. The summed E-state index contributed by atoms with van der Waals surface area (Å²) < 4.78 is 5.04. The Morgan fingerprint density at radius 2 is 1.52 bits per heavy atom. The molecule has 0 bridgehead atoms. The van der Waals surface area contributed by atoms with E-state index in [9.17, 15) is 9.59 Å². The largest absolute Gasteiger partial charge is 0.497 e. The van der Waals surface area contributed by atoms with Gasteiger partial charge < -0.3 is 10.1 Å². The molecular weight excluding hydrogens is 312 g/mol. The summed E-state index contributed by atoms with van der Waals surface area (Å²) in [7, 11) is 1.56. The van der Waals surface area contributed by atoms with Crippen molar-refractivity contribution < 1.29 is 14.3 Å². The molecule has 2 rings (SSSR count). The van der Waals surface area contributed by atoms with Gasteiger partial charge in [-0.1, -0.05) is 0 Å². The first-order valence-corrected chi connectivity index (χ1v) is 7.28. The van der Waals surface area contributed by atoms with Crippen molar-refractivity contribution in [1.82, 2.24) is 5.32 Å². The lowest BCUT2D eigenvalue weighted by molar-refractivity contribution is 0.0976. The van der Waals surface area contributed by atoms with E-state index in [-0.39, 0.29) is 16.8 Å². The first-order chi connectivity index (χ1) is 11.0. The van der Waals surface area contributed by atoms with Crippen LogP contribution in [-0.4, -0.2) is 23.9 Å². The van der Waals surface area contributed by atoms with Gasteiger partial charge in [0.25, 0.3) is 5.91 Å². The van der Waals surface area contributed by atoms with Gasteiger partial charge in [0.05, 0.1) is 7.11 Å². The first-order valence-electron chi connectivity index (χ1n) is 6.87. The smallest absolute Gasteiger partial charge is 0.257 e. The van der Waals surface area contributed by atoms with Crippen molar-refractivity contribution in [3.63, 3.8) is 0 Å². The van der Waals surface area contributed by atoms with Crippen LogP contribution < -0.4 is 15.4 Å². The van der Waals surface area contributed by atoms with E-state index in [1.54, 1.807) is 55.6 Å². The number of rotatable bonds is 4. The van der Waals surface area contributed by atoms with Gasteiger partial charge in [0, 0.05) is 16.8 Å². The average Bonchev–Trinajstić information content (AvgIpc) is 2.55. The molecule has 23 heavy (non-hydrogen) atoms. The minimum Gasteiger partial charge on any atom is -0.497 e. The minimum absolute atomic E-state index is 0.00747. The Bertz CT molecular complexity index is 725. The third-order valence-electron chi connectivity index (χ3n) is 3.13. The van der Waals surface area contributed by atoms with E-state index < -0.39 is 0 Å². The Kier molecular flexibility index (Phi) is 5.43. The van der Waals surface area contributed by atoms with Crippen LogP contribution >= 0.6 is 12.2 Å². The highest BCUT2D eigenvalue weighted by Crippen LogP contribution is 2.12. The van der Waals surface area contributed by atoms with Crippen LogP contribution in [0.5, 0.6) is 5.75 Å². The molecule has 2 aromatic rings. The number of hydrogen-bond acceptors (Lipinski definition) is 4. The van der Waals surface area contributed by atoms with Crippen molar-refractivity contribution >= 4 is 34.7 Å². The molecule has 118 valence electrons. The van der Waals surface area contributed by atoms with Crippen molar-refractivity contribution in [2.45, 2.75) is 6.92 Å². The fourth-order valence-corrected chi connectivity index (χ4v) is 2.08. The number of anilines is 1. The molecule has 0 fully saturated rings. The summed E-state index contributed by atoms with van der Waals surface area (Å²) in [6, 6.07) is 13.5. The summed E-state index contributed by atoms with van der Waals surface area (Å²) in [6.07, 6.45) is 0. The van der Waals surface area contributed by atoms with Gasteiger partial charge in [-0.3, -0.25) is 14.9 Å². The van der Waals surface area contributed by atoms with Gasteiger partial charge >= 0.3 is 0 Å². The maximum Gasteiger partial charge on any atom is 0.257 e. The molecule has 0 aliphatic carbocycles. The lowest BCUT2D eigenvalue weighted by atomic mass is 10.1. The van der Waals surface area contributed by atoms with Gasteiger partial charge in [-0.2, -0.15) is 0 Å². The van der Waals surface area contributed by atoms with Gasteiger partial charge in [-0.05, 0) is 67.7 Å². The first kappa shape index (κ1) is 16.6. The molecular formula is C17H16N2O3S. The number of Topliss-reactive ketones (excluding diaryl/α,β-unsaturated/α-hetero) is 1. The van der Waals surface area contributed by atoms with E-state index in [0.717, 1.165) is 0 Å². The molecule has 0 aliphatic rings. The van der Waals surface area contributed by atoms with Crippen molar-refractivity contribution in [3.05, 3.63) is 59.7 Å². The highest BCUT2D eigenvalue weighted by atomic mass is 32.1. The normalized spacial score (nSPS) is 9.83. The Balaban J connectivity index is 1.95. The number of thiocarbonyl (C=S) groups is 1. The summed E-state index contributed by atoms with van der Waals surface area (Å²) in [4.78, 5) is 23.3. The lowest BCUT2D eigenvalue weighted by Crippen LogP contribution is -2.34. The summed E-state index contributed by atoms with van der Waals surface area (Å²) in [5, 5.41) is 5.67. The van der Waals surface area contributed by atoms with Crippen LogP contribution in [0, 0.1) is 0 Å². The van der Waals surface area contributed by atoms with Crippen molar-refractivity contribution in [2.75, 3.05) is 12.4 Å². The van der Waals surface area contributed by atoms with Crippen LogP contribution in [0.15, 0.2) is 48.5 Å². The topological polar surface area (TPSA) is 67.4 Å². The number of nitrogens with one attached hydrogen (secondary N) is 2. The van der Waals surface area contributed by atoms with Crippen molar-refractivity contribution in [1.29, 1.82) is 0 Å². The number of amides is 1. The number of carbonyl (C=O) groups excluding carboxylic acids is 2. The summed E-state index contributed by atoms with van der Waals surface area (Å²) in [5.41, 5.74) is 1.78. The molecule has 0 spiro atoms. The van der Waals surface area contributed by atoms with Crippen LogP contribution in [-0.2, 0) is 0 Å². The maximum absolute atomic E-state index is 12.1. The lowest BCUT2D eigenvalue weighted by Gasteiger charge is -2.10.